The van der Waals surface area contributed by atoms with Gasteiger partial charge in [0.15, 0.2) is 0 Å². The van der Waals surface area contributed by atoms with Crippen molar-refractivity contribution < 1.29 is 24.6 Å². The standard InChI is InChI=1S/C13H11BrO5/c1-7(15)12(14)9-3-2-4-10(13(18)19)8(9)5-6-11(16)17/h2-6,12H,1H3,(H,16,17)(H,18,19). The van der Waals surface area contributed by atoms with E-state index in [0.717, 1.165) is 6.08 Å². The van der Waals surface area contributed by atoms with Crippen LogP contribution in [0.2, 0.25) is 0 Å². The van der Waals surface area contributed by atoms with Gasteiger partial charge in [-0.25, -0.2) is 9.59 Å². The Balaban J connectivity index is 3.46. The molecule has 0 heterocycles. The number of alkyl halides is 1. The highest BCUT2D eigenvalue weighted by molar-refractivity contribution is 9.09. The van der Waals surface area contributed by atoms with Crippen molar-refractivity contribution in [3.05, 3.63) is 41.0 Å². The van der Waals surface area contributed by atoms with E-state index in [1.807, 2.05) is 0 Å². The molecule has 6 heteroatoms. The molecule has 0 amide bonds. The van der Waals surface area contributed by atoms with Gasteiger partial charge in [0.25, 0.3) is 0 Å². The molecule has 0 radical (unpaired) electrons. The SMILES string of the molecule is CC(=O)C(Br)c1cccc(C(=O)O)c1C=CC(=O)O. The average Bonchev–Trinajstić information content (AvgIpc) is 2.34. The van der Waals surface area contributed by atoms with Gasteiger partial charge in [-0.1, -0.05) is 28.1 Å². The summed E-state index contributed by atoms with van der Waals surface area (Å²) >= 11 is 3.17. The first-order valence-corrected chi connectivity index (χ1v) is 6.18. The van der Waals surface area contributed by atoms with Crippen LogP contribution in [0, 0.1) is 0 Å². The Morgan fingerprint density at radius 1 is 1.26 bits per heavy atom. The largest absolute Gasteiger partial charge is 0.478 e. The molecule has 1 aromatic rings. The minimum atomic E-state index is -1.19. The number of carboxylic acids is 2. The van der Waals surface area contributed by atoms with Gasteiger partial charge in [-0.15, -0.1) is 0 Å². The van der Waals surface area contributed by atoms with Crippen LogP contribution in [-0.2, 0) is 9.59 Å². The number of carboxylic acid groups (broad SMARTS) is 2. The van der Waals surface area contributed by atoms with Gasteiger partial charge in [0.2, 0.25) is 0 Å². The van der Waals surface area contributed by atoms with Crippen molar-refractivity contribution in [2.75, 3.05) is 0 Å². The summed E-state index contributed by atoms with van der Waals surface area (Å²) in [4.78, 5) is 32.4. The minimum absolute atomic E-state index is 0.0549. The summed E-state index contributed by atoms with van der Waals surface area (Å²) in [6, 6.07) is 4.44. The van der Waals surface area contributed by atoms with Crippen molar-refractivity contribution in [1.82, 2.24) is 0 Å². The van der Waals surface area contributed by atoms with Crippen molar-refractivity contribution in [2.24, 2.45) is 0 Å². The number of Topliss-reactive ketones (excluding diaryl/α,β-unsaturated/α-hetero) is 1. The average molecular weight is 327 g/mol. The summed E-state index contributed by atoms with van der Waals surface area (Å²) in [5, 5.41) is 17.7. The molecule has 100 valence electrons. The molecule has 0 aliphatic rings. The van der Waals surface area contributed by atoms with Crippen LogP contribution in [0.5, 0.6) is 0 Å². The molecule has 0 fully saturated rings. The van der Waals surface area contributed by atoms with E-state index in [9.17, 15) is 14.4 Å². The maximum atomic E-state index is 11.4. The number of aliphatic carboxylic acids is 1. The molecule has 0 aliphatic heterocycles. The van der Waals surface area contributed by atoms with Crippen LogP contribution in [0.15, 0.2) is 24.3 Å². The van der Waals surface area contributed by atoms with Crippen LogP contribution in [0.3, 0.4) is 0 Å². The van der Waals surface area contributed by atoms with E-state index in [1.54, 1.807) is 6.07 Å². The second-order valence-electron chi connectivity index (χ2n) is 3.76. The van der Waals surface area contributed by atoms with Gasteiger partial charge in [0.1, 0.15) is 5.78 Å². The van der Waals surface area contributed by atoms with Crippen LogP contribution >= 0.6 is 15.9 Å². The number of carbonyl (C=O) groups is 3. The highest BCUT2D eigenvalue weighted by Gasteiger charge is 2.20. The predicted octanol–water partition coefficient (Wildman–Crippen LogP) is 2.51. The van der Waals surface area contributed by atoms with E-state index >= 15 is 0 Å². The van der Waals surface area contributed by atoms with Gasteiger partial charge in [-0.3, -0.25) is 4.79 Å². The first-order valence-electron chi connectivity index (χ1n) is 5.26. The fraction of sp³-hybridized carbons (Fsp3) is 0.154. The third-order valence-corrected chi connectivity index (χ3v) is 3.53. The van der Waals surface area contributed by atoms with Gasteiger partial charge >= 0.3 is 11.9 Å². The molecular formula is C13H11BrO5. The quantitative estimate of drug-likeness (QED) is 0.640. The Hall–Kier alpha value is -1.95. The number of halogens is 1. The molecule has 5 nitrogen and oxygen atoms in total. The Bertz CT molecular complexity index is 562. The topological polar surface area (TPSA) is 91.7 Å². The molecule has 0 saturated carbocycles. The Morgan fingerprint density at radius 2 is 1.89 bits per heavy atom. The summed E-state index contributed by atoms with van der Waals surface area (Å²) in [7, 11) is 0. The number of ketones is 1. The summed E-state index contributed by atoms with van der Waals surface area (Å²) in [6.07, 6.45) is 2.02. The Labute approximate surface area is 117 Å². The molecule has 0 aromatic heterocycles. The molecule has 0 saturated heterocycles. The maximum Gasteiger partial charge on any atom is 0.336 e. The third-order valence-electron chi connectivity index (χ3n) is 2.39. The number of carbonyl (C=O) groups excluding carboxylic acids is 1. The lowest BCUT2D eigenvalue weighted by Gasteiger charge is -2.12. The fourth-order valence-electron chi connectivity index (χ4n) is 1.55. The predicted molar refractivity (Wildman–Crippen MR) is 72.4 cm³/mol. The van der Waals surface area contributed by atoms with E-state index < -0.39 is 16.8 Å². The highest BCUT2D eigenvalue weighted by Crippen LogP contribution is 2.30. The lowest BCUT2D eigenvalue weighted by atomic mass is 9.97. The first-order chi connectivity index (χ1) is 8.84. The summed E-state index contributed by atoms with van der Waals surface area (Å²) < 4.78 is 0. The molecule has 1 aromatic carbocycles. The Kier molecular flexibility index (Phi) is 5.00. The number of rotatable bonds is 5. The molecule has 0 spiro atoms. The molecular weight excluding hydrogens is 316 g/mol. The van der Waals surface area contributed by atoms with E-state index in [0.29, 0.717) is 5.56 Å². The van der Waals surface area contributed by atoms with Gasteiger partial charge in [0.05, 0.1) is 10.4 Å². The van der Waals surface area contributed by atoms with Crippen LogP contribution in [0.4, 0.5) is 0 Å². The molecule has 0 aliphatic carbocycles. The second kappa shape index (κ2) is 6.29. The molecule has 0 bridgehead atoms. The van der Waals surface area contributed by atoms with Gasteiger partial charge in [-0.05, 0) is 30.2 Å². The van der Waals surface area contributed by atoms with Crippen molar-refractivity contribution in [2.45, 2.75) is 11.8 Å². The highest BCUT2D eigenvalue weighted by atomic mass is 79.9. The summed E-state index contributed by atoms with van der Waals surface area (Å²) in [5.74, 6) is -2.58. The lowest BCUT2D eigenvalue weighted by Crippen LogP contribution is -2.08. The summed E-state index contributed by atoms with van der Waals surface area (Å²) in [5.41, 5.74) is 0.570. The van der Waals surface area contributed by atoms with Crippen LogP contribution in [0.1, 0.15) is 33.2 Å². The smallest absolute Gasteiger partial charge is 0.336 e. The van der Waals surface area contributed by atoms with Crippen molar-refractivity contribution in [1.29, 1.82) is 0 Å². The van der Waals surface area contributed by atoms with Crippen LogP contribution in [-0.4, -0.2) is 27.9 Å². The number of aromatic carboxylic acids is 1. The number of hydrogen-bond acceptors (Lipinski definition) is 3. The monoisotopic (exact) mass is 326 g/mol. The summed E-state index contributed by atoms with van der Waals surface area (Å²) in [6.45, 7) is 1.36. The zero-order valence-electron chi connectivity index (χ0n) is 9.96. The van der Waals surface area contributed by atoms with Gasteiger partial charge < -0.3 is 10.2 Å². The first kappa shape index (κ1) is 15.1. The van der Waals surface area contributed by atoms with Gasteiger partial charge in [-0.2, -0.15) is 0 Å². The zero-order chi connectivity index (χ0) is 14.6. The van der Waals surface area contributed by atoms with Crippen molar-refractivity contribution in [3.8, 4) is 0 Å². The lowest BCUT2D eigenvalue weighted by molar-refractivity contribution is -0.131. The second-order valence-corrected chi connectivity index (χ2v) is 4.67. The van der Waals surface area contributed by atoms with Crippen LogP contribution < -0.4 is 0 Å². The molecule has 1 rings (SSSR count). The van der Waals surface area contributed by atoms with Crippen molar-refractivity contribution in [3.63, 3.8) is 0 Å². The Morgan fingerprint density at radius 3 is 2.37 bits per heavy atom. The third kappa shape index (κ3) is 3.75. The molecule has 2 N–H and O–H groups in total. The van der Waals surface area contributed by atoms with E-state index in [1.165, 1.54) is 25.1 Å². The number of benzene rings is 1. The van der Waals surface area contributed by atoms with E-state index in [2.05, 4.69) is 15.9 Å². The maximum absolute atomic E-state index is 11.4. The molecule has 1 atom stereocenters. The zero-order valence-corrected chi connectivity index (χ0v) is 11.5. The number of hydrogen-bond donors (Lipinski definition) is 2. The van der Waals surface area contributed by atoms with E-state index in [-0.39, 0.29) is 16.9 Å². The van der Waals surface area contributed by atoms with Gasteiger partial charge in [0, 0.05) is 6.08 Å². The minimum Gasteiger partial charge on any atom is -0.478 e. The van der Waals surface area contributed by atoms with Crippen molar-refractivity contribution >= 4 is 39.7 Å². The normalized spacial score (nSPS) is 12.3. The fourth-order valence-corrected chi connectivity index (χ4v) is 1.95. The molecule has 19 heavy (non-hydrogen) atoms. The van der Waals surface area contributed by atoms with Crippen LogP contribution in [0.25, 0.3) is 6.08 Å². The van der Waals surface area contributed by atoms with E-state index in [4.69, 9.17) is 10.2 Å². The molecule has 1 unspecified atom stereocenters.